The molecule has 0 aliphatic heterocycles. The van der Waals surface area contributed by atoms with Crippen LogP contribution >= 0.6 is 0 Å². The van der Waals surface area contributed by atoms with Crippen molar-refractivity contribution >= 4 is 17.3 Å². The van der Waals surface area contributed by atoms with Crippen LogP contribution in [0, 0.1) is 6.92 Å². The van der Waals surface area contributed by atoms with E-state index >= 15 is 0 Å². The molecule has 0 saturated heterocycles. The number of benzene rings is 2. The molecular weight excluding hydrogens is 286 g/mol. The van der Waals surface area contributed by atoms with E-state index in [0.29, 0.717) is 12.1 Å². The van der Waals surface area contributed by atoms with Crippen molar-refractivity contribution in [3.8, 4) is 0 Å². The lowest BCUT2D eigenvalue weighted by molar-refractivity contribution is 0.0951. The van der Waals surface area contributed by atoms with Crippen LogP contribution in [0.3, 0.4) is 0 Å². The second-order valence-corrected chi connectivity index (χ2v) is 6.11. The third kappa shape index (κ3) is 4.03. The Labute approximate surface area is 138 Å². The Bertz CT molecular complexity index is 649. The van der Waals surface area contributed by atoms with Gasteiger partial charge < -0.3 is 15.1 Å². The van der Waals surface area contributed by atoms with Gasteiger partial charge in [-0.2, -0.15) is 0 Å². The Hall–Kier alpha value is -2.49. The molecule has 0 bridgehead atoms. The summed E-state index contributed by atoms with van der Waals surface area (Å²) in [5.74, 6) is -0.0525. The monoisotopic (exact) mass is 311 g/mol. The first-order valence-electron chi connectivity index (χ1n) is 7.71. The molecule has 0 unspecified atom stereocenters. The van der Waals surface area contributed by atoms with Crippen molar-refractivity contribution in [1.82, 2.24) is 5.32 Å². The van der Waals surface area contributed by atoms with Crippen LogP contribution in [0.2, 0.25) is 0 Å². The second-order valence-electron chi connectivity index (χ2n) is 6.11. The van der Waals surface area contributed by atoms with Crippen molar-refractivity contribution in [2.45, 2.75) is 13.5 Å². The van der Waals surface area contributed by atoms with Gasteiger partial charge in [-0.05, 0) is 31.2 Å². The Morgan fingerprint density at radius 2 is 1.43 bits per heavy atom. The summed E-state index contributed by atoms with van der Waals surface area (Å²) < 4.78 is 0. The summed E-state index contributed by atoms with van der Waals surface area (Å²) in [5.41, 5.74) is 5.17. The van der Waals surface area contributed by atoms with Crippen LogP contribution in [0.1, 0.15) is 21.5 Å². The third-order valence-corrected chi connectivity index (χ3v) is 3.83. The number of hydrogen-bond donors (Lipinski definition) is 1. The van der Waals surface area contributed by atoms with E-state index in [2.05, 4.69) is 27.2 Å². The molecule has 0 aliphatic carbocycles. The maximum absolute atomic E-state index is 12.4. The first-order chi connectivity index (χ1) is 10.9. The Balaban J connectivity index is 2.22. The molecule has 1 amide bonds. The summed E-state index contributed by atoms with van der Waals surface area (Å²) in [6.07, 6.45) is 0. The van der Waals surface area contributed by atoms with Crippen molar-refractivity contribution < 1.29 is 4.79 Å². The van der Waals surface area contributed by atoms with E-state index in [-0.39, 0.29) is 5.91 Å². The van der Waals surface area contributed by atoms with E-state index in [1.807, 2.05) is 65.4 Å². The first kappa shape index (κ1) is 16.9. The lowest BCUT2D eigenvalue weighted by Gasteiger charge is -2.24. The van der Waals surface area contributed by atoms with Crippen LogP contribution in [0.15, 0.2) is 42.5 Å². The van der Waals surface area contributed by atoms with Gasteiger partial charge in [-0.25, -0.2) is 0 Å². The van der Waals surface area contributed by atoms with Gasteiger partial charge in [-0.15, -0.1) is 0 Å². The number of hydrogen-bond acceptors (Lipinski definition) is 3. The molecule has 4 heteroatoms. The number of nitrogens with zero attached hydrogens (tertiary/aromatic N) is 2. The van der Waals surface area contributed by atoms with E-state index in [1.54, 1.807) is 0 Å². The van der Waals surface area contributed by atoms with E-state index in [4.69, 9.17) is 0 Å². The van der Waals surface area contributed by atoms with Crippen molar-refractivity contribution in [2.75, 3.05) is 38.0 Å². The minimum atomic E-state index is -0.0525. The molecular formula is C19H25N3O. The fourth-order valence-electron chi connectivity index (χ4n) is 2.56. The van der Waals surface area contributed by atoms with Crippen LogP contribution in [0.4, 0.5) is 11.4 Å². The van der Waals surface area contributed by atoms with E-state index < -0.39 is 0 Å². The first-order valence-corrected chi connectivity index (χ1v) is 7.71. The molecule has 0 radical (unpaired) electrons. The summed E-state index contributed by atoms with van der Waals surface area (Å²) in [7, 11) is 8.06. The molecule has 23 heavy (non-hydrogen) atoms. The summed E-state index contributed by atoms with van der Waals surface area (Å²) in [6, 6.07) is 13.8. The van der Waals surface area contributed by atoms with Gasteiger partial charge in [0.2, 0.25) is 0 Å². The van der Waals surface area contributed by atoms with Crippen LogP contribution in [0.5, 0.6) is 0 Å². The van der Waals surface area contributed by atoms with Crippen molar-refractivity contribution in [3.63, 3.8) is 0 Å². The number of carbonyl (C=O) groups is 1. The lowest BCUT2D eigenvalue weighted by atomic mass is 10.1. The Kier molecular flexibility index (Phi) is 5.27. The number of aryl methyl sites for hydroxylation is 1. The Morgan fingerprint density at radius 1 is 0.913 bits per heavy atom. The molecule has 0 fully saturated rings. The largest absolute Gasteiger partial charge is 0.377 e. The minimum Gasteiger partial charge on any atom is -0.377 e. The lowest BCUT2D eigenvalue weighted by Crippen LogP contribution is -2.26. The normalized spacial score (nSPS) is 10.3. The van der Waals surface area contributed by atoms with Crippen LogP contribution in [-0.2, 0) is 6.54 Å². The van der Waals surface area contributed by atoms with Gasteiger partial charge in [0.1, 0.15) is 0 Å². The van der Waals surface area contributed by atoms with Crippen LogP contribution in [-0.4, -0.2) is 34.1 Å². The number of amides is 1. The van der Waals surface area contributed by atoms with Gasteiger partial charge in [-0.3, -0.25) is 4.79 Å². The van der Waals surface area contributed by atoms with Gasteiger partial charge in [0, 0.05) is 57.2 Å². The molecule has 0 atom stereocenters. The Morgan fingerprint density at radius 3 is 1.91 bits per heavy atom. The average molecular weight is 311 g/mol. The molecule has 2 rings (SSSR count). The van der Waals surface area contributed by atoms with Crippen LogP contribution < -0.4 is 15.1 Å². The quantitative estimate of drug-likeness (QED) is 0.922. The highest BCUT2D eigenvalue weighted by Gasteiger charge is 2.13. The van der Waals surface area contributed by atoms with E-state index in [1.165, 1.54) is 0 Å². The smallest absolute Gasteiger partial charge is 0.251 e. The fraction of sp³-hybridized carbons (Fsp3) is 0.316. The van der Waals surface area contributed by atoms with Crippen molar-refractivity contribution in [3.05, 3.63) is 59.2 Å². The highest BCUT2D eigenvalue weighted by atomic mass is 16.1. The van der Waals surface area contributed by atoms with E-state index in [9.17, 15) is 4.79 Å². The molecule has 0 saturated carbocycles. The van der Waals surface area contributed by atoms with Gasteiger partial charge in [0.15, 0.2) is 0 Å². The number of anilines is 2. The highest BCUT2D eigenvalue weighted by Crippen LogP contribution is 2.28. The van der Waals surface area contributed by atoms with Crippen LogP contribution in [0.25, 0.3) is 0 Å². The second kappa shape index (κ2) is 7.18. The average Bonchev–Trinajstić information content (AvgIpc) is 2.52. The molecule has 4 nitrogen and oxygen atoms in total. The molecule has 0 aliphatic rings. The summed E-state index contributed by atoms with van der Waals surface area (Å²) in [5, 5.41) is 3.03. The van der Waals surface area contributed by atoms with Gasteiger partial charge in [0.05, 0.1) is 0 Å². The minimum absolute atomic E-state index is 0.0525. The number of nitrogens with one attached hydrogen (secondary N) is 1. The third-order valence-electron chi connectivity index (χ3n) is 3.83. The predicted octanol–water partition coefficient (Wildman–Crippen LogP) is 3.06. The fourth-order valence-corrected chi connectivity index (χ4v) is 2.56. The summed E-state index contributed by atoms with van der Waals surface area (Å²) >= 11 is 0. The van der Waals surface area contributed by atoms with Crippen molar-refractivity contribution in [1.29, 1.82) is 0 Å². The molecule has 0 spiro atoms. The maximum atomic E-state index is 12.4. The molecule has 1 N–H and O–H groups in total. The zero-order valence-electron chi connectivity index (χ0n) is 14.6. The number of rotatable bonds is 5. The molecule has 122 valence electrons. The SMILES string of the molecule is Cc1ccc(C(=O)NCc2c(N(C)C)cccc2N(C)C)cc1. The molecule has 2 aromatic rings. The van der Waals surface area contributed by atoms with E-state index in [0.717, 1.165) is 22.5 Å². The molecule has 0 heterocycles. The maximum Gasteiger partial charge on any atom is 0.251 e. The van der Waals surface area contributed by atoms with Gasteiger partial charge in [0.25, 0.3) is 5.91 Å². The molecule has 2 aromatic carbocycles. The zero-order valence-corrected chi connectivity index (χ0v) is 14.6. The summed E-state index contributed by atoms with van der Waals surface area (Å²) in [4.78, 5) is 16.5. The van der Waals surface area contributed by atoms with Crippen molar-refractivity contribution in [2.24, 2.45) is 0 Å². The predicted molar refractivity (Wildman–Crippen MR) is 97.4 cm³/mol. The van der Waals surface area contributed by atoms with Gasteiger partial charge in [-0.1, -0.05) is 23.8 Å². The number of carbonyl (C=O) groups excluding carboxylic acids is 1. The van der Waals surface area contributed by atoms with Gasteiger partial charge >= 0.3 is 0 Å². The highest BCUT2D eigenvalue weighted by molar-refractivity contribution is 5.94. The summed E-state index contributed by atoms with van der Waals surface area (Å²) in [6.45, 7) is 2.51. The standard InChI is InChI=1S/C19H25N3O/c1-14-9-11-15(12-10-14)19(23)20-13-16-17(21(2)3)7-6-8-18(16)22(4)5/h6-12H,13H2,1-5H3,(H,20,23). The topological polar surface area (TPSA) is 35.6 Å². The zero-order chi connectivity index (χ0) is 17.0. The molecule has 0 aromatic heterocycles.